The van der Waals surface area contributed by atoms with Crippen LogP contribution in [-0.2, 0) is 0 Å². The van der Waals surface area contributed by atoms with Gasteiger partial charge in [0.1, 0.15) is 8.07 Å². The van der Waals surface area contributed by atoms with Gasteiger partial charge in [-0.05, 0) is 28.3 Å². The molecule has 0 fully saturated rings. The molecule has 1 aromatic carbocycles. The minimum atomic E-state index is -1.66. The second-order valence-corrected chi connectivity index (χ2v) is 12.9. The minimum Gasteiger partial charge on any atom is -0.360 e. The summed E-state index contributed by atoms with van der Waals surface area (Å²) in [6.07, 6.45) is 2.04. The van der Waals surface area contributed by atoms with Gasteiger partial charge in [0, 0.05) is 17.5 Å². The van der Waals surface area contributed by atoms with E-state index in [9.17, 15) is 0 Å². The quantitative estimate of drug-likeness (QED) is 0.505. The zero-order valence-corrected chi connectivity index (χ0v) is 16.3. The summed E-state index contributed by atoms with van der Waals surface area (Å²) in [6.45, 7) is 14.1. The maximum atomic E-state index is 3.78. The van der Waals surface area contributed by atoms with E-state index in [1.807, 2.05) is 12.3 Å². The number of H-pyrrole nitrogens is 1. The normalized spacial score (nSPS) is 11.9. The molecule has 23 heavy (non-hydrogen) atoms. The highest BCUT2D eigenvalue weighted by molar-refractivity contribution is 6.90. The molecule has 1 N–H and O–H groups in total. The fourth-order valence-corrected chi connectivity index (χ4v) is 9.09. The average molecular weight is 324 g/mol. The molecule has 2 aromatic rings. The van der Waals surface area contributed by atoms with Crippen molar-refractivity contribution in [2.75, 3.05) is 0 Å². The van der Waals surface area contributed by atoms with E-state index in [1.54, 1.807) is 0 Å². The van der Waals surface area contributed by atoms with Gasteiger partial charge in [-0.3, -0.25) is 0 Å². The number of rotatable bonds is 4. The second kappa shape index (κ2) is 7.23. The van der Waals surface area contributed by atoms with Crippen molar-refractivity contribution in [1.82, 2.24) is 4.98 Å². The summed E-state index contributed by atoms with van der Waals surface area (Å²) in [6, 6.07) is 12.6. The Hall–Kier alpha value is -1.72. The number of aromatic nitrogens is 1. The summed E-state index contributed by atoms with van der Waals surface area (Å²) in [7, 11) is -1.66. The summed E-state index contributed by atoms with van der Waals surface area (Å²) < 4.78 is 0. The largest absolute Gasteiger partial charge is 0.360 e. The number of nitrogens with one attached hydrogen (secondary N) is 1. The summed E-state index contributed by atoms with van der Waals surface area (Å²) in [5, 5.41) is 0. The first kappa shape index (κ1) is 17.6. The molecule has 0 aliphatic carbocycles. The van der Waals surface area contributed by atoms with Gasteiger partial charge in [-0.15, -0.1) is 5.54 Å². The predicted molar refractivity (Wildman–Crippen MR) is 104 cm³/mol. The molecule has 0 spiro atoms. The lowest BCUT2D eigenvalue weighted by Crippen LogP contribution is -2.43. The van der Waals surface area contributed by atoms with Crippen LogP contribution in [0.3, 0.4) is 0 Å². The number of hydrogen-bond acceptors (Lipinski definition) is 0. The number of aromatic amines is 1. The van der Waals surface area contributed by atoms with Crippen molar-refractivity contribution in [3.05, 3.63) is 48.2 Å². The molecule has 1 aromatic heterocycles. The van der Waals surface area contributed by atoms with Crippen molar-refractivity contribution in [2.45, 2.75) is 58.2 Å². The second-order valence-electron chi connectivity index (χ2n) is 7.32. The van der Waals surface area contributed by atoms with Gasteiger partial charge in [0.15, 0.2) is 0 Å². The van der Waals surface area contributed by atoms with Crippen LogP contribution in [0.5, 0.6) is 0 Å². The van der Waals surface area contributed by atoms with Crippen LogP contribution in [0.15, 0.2) is 42.6 Å². The van der Waals surface area contributed by atoms with E-state index >= 15 is 0 Å². The van der Waals surface area contributed by atoms with Crippen molar-refractivity contribution in [3.8, 4) is 22.7 Å². The van der Waals surface area contributed by atoms with Crippen LogP contribution in [0.25, 0.3) is 11.3 Å². The molecule has 0 unspecified atom stereocenters. The summed E-state index contributed by atoms with van der Waals surface area (Å²) >= 11 is 0. The molecule has 0 aliphatic rings. The summed E-state index contributed by atoms with van der Waals surface area (Å²) in [5.41, 5.74) is 9.24. The molecule has 0 saturated carbocycles. The van der Waals surface area contributed by atoms with Gasteiger partial charge >= 0.3 is 0 Å². The molecule has 1 heterocycles. The third-order valence-electron chi connectivity index (χ3n) is 5.06. The van der Waals surface area contributed by atoms with Gasteiger partial charge < -0.3 is 4.98 Å². The Balaban J connectivity index is 2.35. The Morgan fingerprint density at radius 2 is 1.43 bits per heavy atom. The Kier molecular flexibility index (Phi) is 5.54. The molecule has 2 heteroatoms. The van der Waals surface area contributed by atoms with Crippen LogP contribution >= 0.6 is 0 Å². The maximum Gasteiger partial charge on any atom is 0.146 e. The number of benzene rings is 1. The van der Waals surface area contributed by atoms with Gasteiger partial charge in [0.05, 0.1) is 0 Å². The van der Waals surface area contributed by atoms with E-state index < -0.39 is 8.07 Å². The van der Waals surface area contributed by atoms with Gasteiger partial charge in [0.2, 0.25) is 0 Å². The third-order valence-corrected chi connectivity index (χ3v) is 11.3. The van der Waals surface area contributed by atoms with E-state index in [-0.39, 0.29) is 0 Å². The van der Waals surface area contributed by atoms with E-state index in [0.717, 1.165) is 11.3 Å². The lowest BCUT2D eigenvalue weighted by molar-refractivity contribution is 0.838. The lowest BCUT2D eigenvalue weighted by Gasteiger charge is -2.38. The SMILES string of the molecule is CC(C)[Si](C#Cc1c[nH]c(-c2ccccc2)c1)(C(C)C)C(C)C. The van der Waals surface area contributed by atoms with Crippen LogP contribution in [0.1, 0.15) is 47.1 Å². The van der Waals surface area contributed by atoms with E-state index in [4.69, 9.17) is 0 Å². The van der Waals surface area contributed by atoms with Crippen LogP contribution < -0.4 is 0 Å². The molecule has 122 valence electrons. The Morgan fingerprint density at radius 3 is 1.96 bits per heavy atom. The van der Waals surface area contributed by atoms with Gasteiger partial charge in [0.25, 0.3) is 0 Å². The fourth-order valence-electron chi connectivity index (χ4n) is 3.86. The summed E-state index contributed by atoms with van der Waals surface area (Å²) in [5.74, 6) is 3.50. The molecule has 0 aliphatic heterocycles. The highest BCUT2D eigenvalue weighted by Gasteiger charge is 2.41. The van der Waals surface area contributed by atoms with E-state index in [2.05, 4.69) is 88.3 Å². The van der Waals surface area contributed by atoms with Gasteiger partial charge in [-0.1, -0.05) is 77.8 Å². The van der Waals surface area contributed by atoms with Crippen molar-refractivity contribution in [3.63, 3.8) is 0 Å². The Bertz CT molecular complexity index is 662. The molecular formula is C21H29NSi. The smallest absolute Gasteiger partial charge is 0.146 e. The van der Waals surface area contributed by atoms with Crippen molar-refractivity contribution in [1.29, 1.82) is 0 Å². The van der Waals surface area contributed by atoms with Gasteiger partial charge in [-0.2, -0.15) is 0 Å². The zero-order chi connectivity index (χ0) is 17.0. The molecule has 2 rings (SSSR count). The van der Waals surface area contributed by atoms with Crippen LogP contribution in [0.2, 0.25) is 16.6 Å². The standard InChI is InChI=1S/C21H29NSi/c1-16(2)23(17(3)4,18(5)6)13-12-19-14-21(22-15-19)20-10-8-7-9-11-20/h7-11,14-18,22H,1-6H3. The molecule has 0 amide bonds. The van der Waals surface area contributed by atoms with Crippen molar-refractivity contribution in [2.24, 2.45) is 0 Å². The Labute approximate surface area is 142 Å². The zero-order valence-electron chi connectivity index (χ0n) is 15.3. The molecular weight excluding hydrogens is 294 g/mol. The number of hydrogen-bond donors (Lipinski definition) is 1. The van der Waals surface area contributed by atoms with Crippen LogP contribution in [0.4, 0.5) is 0 Å². The highest BCUT2D eigenvalue weighted by atomic mass is 28.3. The van der Waals surface area contributed by atoms with E-state index in [0.29, 0.717) is 16.6 Å². The van der Waals surface area contributed by atoms with E-state index in [1.165, 1.54) is 5.56 Å². The summed E-state index contributed by atoms with van der Waals surface area (Å²) in [4.78, 5) is 3.36. The third kappa shape index (κ3) is 3.62. The first-order valence-corrected chi connectivity index (χ1v) is 10.9. The molecule has 0 radical (unpaired) electrons. The molecule has 0 bridgehead atoms. The minimum absolute atomic E-state index is 0.669. The van der Waals surface area contributed by atoms with Crippen molar-refractivity contribution < 1.29 is 0 Å². The van der Waals surface area contributed by atoms with Gasteiger partial charge in [-0.25, -0.2) is 0 Å². The molecule has 1 nitrogen and oxygen atoms in total. The van der Waals surface area contributed by atoms with Crippen molar-refractivity contribution >= 4 is 8.07 Å². The Morgan fingerprint density at radius 1 is 0.870 bits per heavy atom. The highest BCUT2D eigenvalue weighted by Crippen LogP contribution is 2.40. The maximum absolute atomic E-state index is 3.78. The first-order chi connectivity index (χ1) is 10.9. The lowest BCUT2D eigenvalue weighted by atomic mass is 10.1. The molecule has 0 saturated heterocycles. The van der Waals surface area contributed by atoms with Crippen LogP contribution in [-0.4, -0.2) is 13.1 Å². The van der Waals surface area contributed by atoms with Crippen LogP contribution in [0, 0.1) is 11.5 Å². The topological polar surface area (TPSA) is 15.8 Å². The monoisotopic (exact) mass is 323 g/mol. The molecule has 0 atom stereocenters. The average Bonchev–Trinajstić information content (AvgIpc) is 2.96. The first-order valence-electron chi connectivity index (χ1n) is 8.65. The predicted octanol–water partition coefficient (Wildman–Crippen LogP) is 6.25. The fraction of sp³-hybridized carbons (Fsp3) is 0.429.